The third-order valence-electron chi connectivity index (χ3n) is 3.52. The summed E-state index contributed by atoms with van der Waals surface area (Å²) in [5, 5.41) is 0. The number of halogens is 2. The highest BCUT2D eigenvalue weighted by atomic mass is 127. The molecule has 142 valence electrons. The summed E-state index contributed by atoms with van der Waals surface area (Å²) < 4.78 is 6.18. The lowest BCUT2D eigenvalue weighted by Gasteiger charge is -2.36. The van der Waals surface area contributed by atoms with E-state index in [1.807, 2.05) is 37.8 Å². The highest BCUT2D eigenvalue weighted by molar-refractivity contribution is 14.0. The first-order valence-corrected chi connectivity index (χ1v) is 9.21. The molecule has 2 N–H and O–H groups in total. The van der Waals surface area contributed by atoms with Crippen LogP contribution in [0, 0.1) is 0 Å². The van der Waals surface area contributed by atoms with Crippen LogP contribution in [0.1, 0.15) is 25.6 Å². The minimum Gasteiger partial charge on any atom is -0.444 e. The van der Waals surface area contributed by atoms with Crippen LogP contribution in [0.2, 0.25) is 4.34 Å². The van der Waals surface area contributed by atoms with Gasteiger partial charge in [0.1, 0.15) is 5.60 Å². The third-order valence-corrected chi connectivity index (χ3v) is 4.81. The summed E-state index contributed by atoms with van der Waals surface area (Å²) in [4.78, 5) is 21.4. The van der Waals surface area contributed by atoms with E-state index < -0.39 is 5.60 Å². The Hall–Kier alpha value is -0.740. The molecule has 1 saturated heterocycles. The summed E-state index contributed by atoms with van der Waals surface area (Å²) >= 11 is 7.48. The van der Waals surface area contributed by atoms with Crippen molar-refractivity contribution in [2.24, 2.45) is 10.7 Å². The average molecular weight is 501 g/mol. The Balaban J connectivity index is 0.00000312. The Bertz CT molecular complexity index is 595. The van der Waals surface area contributed by atoms with Gasteiger partial charge >= 0.3 is 6.09 Å². The van der Waals surface area contributed by atoms with Crippen molar-refractivity contribution in [2.75, 3.05) is 32.7 Å². The second kappa shape index (κ2) is 9.82. The van der Waals surface area contributed by atoms with Gasteiger partial charge in [-0.3, -0.25) is 4.99 Å². The molecular weight excluding hydrogens is 475 g/mol. The summed E-state index contributed by atoms with van der Waals surface area (Å²) in [6, 6.07) is 3.91. The summed E-state index contributed by atoms with van der Waals surface area (Å²) in [6.45, 7) is 8.75. The molecule has 0 spiro atoms. The summed E-state index contributed by atoms with van der Waals surface area (Å²) in [6.07, 6.45) is 0.558. The molecule has 0 atom stereocenters. The van der Waals surface area contributed by atoms with Crippen molar-refractivity contribution in [1.82, 2.24) is 9.80 Å². The van der Waals surface area contributed by atoms with Gasteiger partial charge in [-0.15, -0.1) is 35.3 Å². The normalized spacial score (nSPS) is 15.8. The van der Waals surface area contributed by atoms with Gasteiger partial charge in [0, 0.05) is 44.0 Å². The lowest BCUT2D eigenvalue weighted by atomic mass is 10.2. The zero-order valence-corrected chi connectivity index (χ0v) is 18.7. The van der Waals surface area contributed by atoms with Crippen LogP contribution in [0.4, 0.5) is 4.79 Å². The van der Waals surface area contributed by atoms with Crippen LogP contribution in [0.5, 0.6) is 0 Å². The molecule has 0 bridgehead atoms. The molecule has 1 aliphatic heterocycles. The minimum atomic E-state index is -0.473. The zero-order valence-electron chi connectivity index (χ0n) is 14.8. The number of amides is 1. The quantitative estimate of drug-likeness (QED) is 0.392. The number of piperazine rings is 1. The number of rotatable bonds is 3. The molecule has 1 fully saturated rings. The number of nitrogens with zero attached hydrogens (tertiary/aromatic N) is 3. The molecule has 1 amide bonds. The van der Waals surface area contributed by atoms with E-state index >= 15 is 0 Å². The second-order valence-corrected chi connectivity index (χ2v) is 8.45. The van der Waals surface area contributed by atoms with Crippen LogP contribution < -0.4 is 5.73 Å². The van der Waals surface area contributed by atoms with Crippen molar-refractivity contribution < 1.29 is 9.53 Å². The Morgan fingerprint density at radius 1 is 1.28 bits per heavy atom. The van der Waals surface area contributed by atoms with E-state index in [1.165, 1.54) is 4.88 Å². The van der Waals surface area contributed by atoms with Gasteiger partial charge in [0.05, 0.1) is 4.34 Å². The Kier molecular flexibility index (Phi) is 8.76. The fraction of sp³-hybridized carbons (Fsp3) is 0.625. The van der Waals surface area contributed by atoms with Crippen molar-refractivity contribution in [2.45, 2.75) is 32.8 Å². The Labute approximate surface area is 175 Å². The SMILES string of the molecule is CC(C)(C)OC(=O)N1CCN(C(N)=NCCc2ccc(Cl)s2)CC1.I. The maximum Gasteiger partial charge on any atom is 0.410 e. The van der Waals surface area contributed by atoms with Gasteiger partial charge in [-0.1, -0.05) is 11.6 Å². The predicted octanol–water partition coefficient (Wildman–Crippen LogP) is 3.43. The first kappa shape index (κ1) is 22.3. The number of aliphatic imine (C=N–C) groups is 1. The first-order chi connectivity index (χ1) is 11.2. The molecule has 9 heteroatoms. The molecule has 0 aliphatic carbocycles. The van der Waals surface area contributed by atoms with E-state index in [9.17, 15) is 4.79 Å². The van der Waals surface area contributed by atoms with Crippen molar-refractivity contribution >= 4 is 59.0 Å². The van der Waals surface area contributed by atoms with Crippen LogP contribution in [0.25, 0.3) is 0 Å². The van der Waals surface area contributed by atoms with Crippen molar-refractivity contribution in [3.63, 3.8) is 0 Å². The fourth-order valence-electron chi connectivity index (χ4n) is 2.31. The number of carbonyl (C=O) groups excluding carboxylic acids is 1. The van der Waals surface area contributed by atoms with E-state index in [2.05, 4.69) is 4.99 Å². The molecule has 25 heavy (non-hydrogen) atoms. The van der Waals surface area contributed by atoms with Crippen LogP contribution in [-0.4, -0.2) is 60.2 Å². The average Bonchev–Trinajstić information content (AvgIpc) is 2.91. The molecule has 0 radical (unpaired) electrons. The molecule has 1 aromatic rings. The first-order valence-electron chi connectivity index (χ1n) is 8.01. The van der Waals surface area contributed by atoms with Gasteiger partial charge in [-0.25, -0.2) is 4.79 Å². The largest absolute Gasteiger partial charge is 0.444 e. The minimum absolute atomic E-state index is 0. The summed E-state index contributed by atoms with van der Waals surface area (Å²) in [5.74, 6) is 0.529. The maximum absolute atomic E-state index is 12.0. The van der Waals surface area contributed by atoms with Gasteiger partial charge in [0.15, 0.2) is 5.96 Å². The summed E-state index contributed by atoms with van der Waals surface area (Å²) in [5.41, 5.74) is 5.59. The fourth-order valence-corrected chi connectivity index (χ4v) is 3.39. The third kappa shape index (κ3) is 7.57. The Morgan fingerprint density at radius 2 is 1.88 bits per heavy atom. The lowest BCUT2D eigenvalue weighted by molar-refractivity contribution is 0.0186. The van der Waals surface area contributed by atoms with E-state index in [-0.39, 0.29) is 30.1 Å². The van der Waals surface area contributed by atoms with Crippen molar-refractivity contribution in [3.8, 4) is 0 Å². The number of nitrogens with two attached hydrogens (primary N) is 1. The monoisotopic (exact) mass is 500 g/mol. The molecule has 1 aromatic heterocycles. The van der Waals surface area contributed by atoms with Crippen LogP contribution >= 0.6 is 46.9 Å². The van der Waals surface area contributed by atoms with E-state index in [0.717, 1.165) is 10.8 Å². The number of ether oxygens (including phenoxy) is 1. The maximum atomic E-state index is 12.0. The topological polar surface area (TPSA) is 71.2 Å². The number of carbonyl (C=O) groups is 1. The molecular formula is C16H26ClIN4O2S. The number of guanidine groups is 1. The molecule has 2 heterocycles. The lowest BCUT2D eigenvalue weighted by Crippen LogP contribution is -2.53. The van der Waals surface area contributed by atoms with Crippen LogP contribution in [0.3, 0.4) is 0 Å². The Morgan fingerprint density at radius 3 is 2.40 bits per heavy atom. The number of hydrogen-bond donors (Lipinski definition) is 1. The van der Waals surface area contributed by atoms with Crippen LogP contribution in [0.15, 0.2) is 17.1 Å². The molecule has 0 saturated carbocycles. The van der Waals surface area contributed by atoms with Crippen molar-refractivity contribution in [3.05, 3.63) is 21.3 Å². The van der Waals surface area contributed by atoms with Gasteiger partial charge < -0.3 is 20.3 Å². The number of hydrogen-bond acceptors (Lipinski definition) is 4. The molecule has 6 nitrogen and oxygen atoms in total. The van der Waals surface area contributed by atoms with E-state index in [4.69, 9.17) is 22.1 Å². The van der Waals surface area contributed by atoms with Crippen LogP contribution in [-0.2, 0) is 11.2 Å². The predicted molar refractivity (Wildman–Crippen MR) is 114 cm³/mol. The molecule has 0 unspecified atom stereocenters. The number of thiophene rings is 1. The highest BCUT2D eigenvalue weighted by Crippen LogP contribution is 2.21. The van der Waals surface area contributed by atoms with Gasteiger partial charge in [-0.2, -0.15) is 0 Å². The van der Waals surface area contributed by atoms with Gasteiger partial charge in [-0.05, 0) is 32.9 Å². The van der Waals surface area contributed by atoms with Gasteiger partial charge in [0.2, 0.25) is 0 Å². The highest BCUT2D eigenvalue weighted by Gasteiger charge is 2.26. The van der Waals surface area contributed by atoms with Gasteiger partial charge in [0.25, 0.3) is 0 Å². The van der Waals surface area contributed by atoms with E-state index in [0.29, 0.717) is 38.7 Å². The summed E-state index contributed by atoms with van der Waals surface area (Å²) in [7, 11) is 0. The standard InChI is InChI=1S/C16H25ClN4O2S.HI/c1-16(2,3)23-15(22)21-10-8-20(9-11-21)14(18)19-7-6-12-4-5-13(17)24-12;/h4-5H,6-11H2,1-3H3,(H2,18,19);1H. The smallest absolute Gasteiger partial charge is 0.410 e. The van der Waals surface area contributed by atoms with Crippen molar-refractivity contribution in [1.29, 1.82) is 0 Å². The zero-order chi connectivity index (χ0) is 17.7. The van der Waals surface area contributed by atoms with E-state index in [1.54, 1.807) is 16.2 Å². The second-order valence-electron chi connectivity index (χ2n) is 6.65. The molecule has 2 rings (SSSR count). The molecule has 1 aliphatic rings. The molecule has 0 aromatic carbocycles.